The standard InChI is InChI=1S/C13H10N2O2/c1-7-5-9-11(15-6-7)13(17)10-8(12(9)16)3-2-4-14-10/h2-6,8,10H,1H3. The van der Waals surface area contributed by atoms with Gasteiger partial charge in [0.1, 0.15) is 11.7 Å². The molecule has 0 bridgehead atoms. The molecule has 4 nitrogen and oxygen atoms in total. The molecule has 2 unspecified atom stereocenters. The number of aryl methyl sites for hydroxylation is 1. The Bertz CT molecular complexity index is 587. The molecule has 0 N–H and O–H groups in total. The number of ketones is 2. The molecule has 4 heteroatoms. The number of carbonyl (C=O) groups is 2. The third-order valence-electron chi connectivity index (χ3n) is 3.09. The zero-order chi connectivity index (χ0) is 12.0. The summed E-state index contributed by atoms with van der Waals surface area (Å²) in [6, 6.07) is 1.11. The maximum atomic E-state index is 12.2. The molecule has 17 heavy (non-hydrogen) atoms. The Balaban J connectivity index is 2.21. The fourth-order valence-corrected chi connectivity index (χ4v) is 2.24. The summed E-state index contributed by atoms with van der Waals surface area (Å²) in [6.45, 7) is 1.85. The lowest BCUT2D eigenvalue weighted by Gasteiger charge is -2.26. The summed E-state index contributed by atoms with van der Waals surface area (Å²) >= 11 is 0. The van der Waals surface area contributed by atoms with Gasteiger partial charge in [0.15, 0.2) is 5.78 Å². The first kappa shape index (κ1) is 10.1. The third kappa shape index (κ3) is 1.37. The molecule has 1 aliphatic carbocycles. The van der Waals surface area contributed by atoms with Crippen LogP contribution in [0.25, 0.3) is 0 Å². The van der Waals surface area contributed by atoms with Gasteiger partial charge in [-0.05, 0) is 24.6 Å². The van der Waals surface area contributed by atoms with Crippen LogP contribution in [0.2, 0.25) is 0 Å². The number of hydrogen-bond acceptors (Lipinski definition) is 4. The van der Waals surface area contributed by atoms with E-state index < -0.39 is 12.0 Å². The van der Waals surface area contributed by atoms with Crippen LogP contribution >= 0.6 is 0 Å². The number of nitrogens with zero attached hydrogens (tertiary/aromatic N) is 2. The van der Waals surface area contributed by atoms with Crippen molar-refractivity contribution < 1.29 is 9.59 Å². The van der Waals surface area contributed by atoms with E-state index in [0.29, 0.717) is 5.56 Å². The lowest BCUT2D eigenvalue weighted by molar-refractivity contribution is 0.0820. The minimum atomic E-state index is -0.616. The van der Waals surface area contributed by atoms with Gasteiger partial charge in [0.05, 0.1) is 5.92 Å². The van der Waals surface area contributed by atoms with E-state index in [1.54, 1.807) is 30.6 Å². The predicted octanol–water partition coefficient (Wildman–Crippen LogP) is 1.39. The smallest absolute Gasteiger partial charge is 0.207 e. The molecule has 3 rings (SSSR count). The number of aliphatic imine (C=N–C) groups is 1. The second kappa shape index (κ2) is 3.45. The van der Waals surface area contributed by atoms with Crippen molar-refractivity contribution in [2.24, 2.45) is 10.9 Å². The van der Waals surface area contributed by atoms with Crippen molar-refractivity contribution in [1.29, 1.82) is 0 Å². The van der Waals surface area contributed by atoms with Gasteiger partial charge in [0.25, 0.3) is 0 Å². The van der Waals surface area contributed by atoms with Gasteiger partial charge >= 0.3 is 0 Å². The van der Waals surface area contributed by atoms with Gasteiger partial charge in [-0.25, -0.2) is 0 Å². The second-order valence-corrected chi connectivity index (χ2v) is 4.29. The molecule has 0 aromatic carbocycles. The first-order chi connectivity index (χ1) is 8.18. The minimum Gasteiger partial charge on any atom is -0.293 e. The van der Waals surface area contributed by atoms with Crippen LogP contribution in [0, 0.1) is 12.8 Å². The third-order valence-corrected chi connectivity index (χ3v) is 3.09. The number of aromatic nitrogens is 1. The van der Waals surface area contributed by atoms with E-state index in [9.17, 15) is 9.59 Å². The van der Waals surface area contributed by atoms with Gasteiger partial charge in [-0.3, -0.25) is 19.6 Å². The zero-order valence-electron chi connectivity index (χ0n) is 9.25. The molecule has 0 amide bonds. The molecular weight excluding hydrogens is 216 g/mol. The number of allylic oxidation sites excluding steroid dienone is 1. The van der Waals surface area contributed by atoms with Crippen LogP contribution in [0.3, 0.4) is 0 Å². The highest BCUT2D eigenvalue weighted by molar-refractivity contribution is 6.18. The van der Waals surface area contributed by atoms with Gasteiger partial charge in [-0.2, -0.15) is 0 Å². The summed E-state index contributed by atoms with van der Waals surface area (Å²) in [5.41, 5.74) is 1.57. The van der Waals surface area contributed by atoms with Crippen molar-refractivity contribution >= 4 is 17.8 Å². The van der Waals surface area contributed by atoms with Gasteiger partial charge in [0.2, 0.25) is 5.78 Å². The van der Waals surface area contributed by atoms with Crippen molar-refractivity contribution in [1.82, 2.24) is 4.98 Å². The van der Waals surface area contributed by atoms with Crippen molar-refractivity contribution in [2.45, 2.75) is 13.0 Å². The predicted molar refractivity (Wildman–Crippen MR) is 62.5 cm³/mol. The number of Topliss-reactive ketones (excluding diaryl/α,β-unsaturated/α-hetero) is 2. The highest BCUT2D eigenvalue weighted by atomic mass is 16.1. The highest BCUT2D eigenvalue weighted by Crippen LogP contribution is 2.29. The van der Waals surface area contributed by atoms with E-state index >= 15 is 0 Å². The van der Waals surface area contributed by atoms with Crippen molar-refractivity contribution in [3.05, 3.63) is 41.2 Å². The monoisotopic (exact) mass is 226 g/mol. The quantitative estimate of drug-likeness (QED) is 0.671. The lowest BCUT2D eigenvalue weighted by Crippen LogP contribution is -2.40. The second-order valence-electron chi connectivity index (χ2n) is 4.29. The van der Waals surface area contributed by atoms with E-state index in [2.05, 4.69) is 9.98 Å². The largest absolute Gasteiger partial charge is 0.293 e. The molecular formula is C13H10N2O2. The van der Waals surface area contributed by atoms with Gasteiger partial charge < -0.3 is 0 Å². The number of hydrogen-bond donors (Lipinski definition) is 0. The van der Waals surface area contributed by atoms with Gasteiger partial charge in [-0.1, -0.05) is 6.08 Å². The number of pyridine rings is 1. The van der Waals surface area contributed by atoms with Gasteiger partial charge in [-0.15, -0.1) is 0 Å². The first-order valence-corrected chi connectivity index (χ1v) is 5.43. The van der Waals surface area contributed by atoms with Crippen molar-refractivity contribution in [3.63, 3.8) is 0 Å². The number of rotatable bonds is 0. The summed E-state index contributed by atoms with van der Waals surface area (Å²) < 4.78 is 0. The fraction of sp³-hybridized carbons (Fsp3) is 0.231. The number of fused-ring (bicyclic) bond motifs is 2. The summed E-state index contributed by atoms with van der Waals surface area (Å²) in [5, 5.41) is 0. The van der Waals surface area contributed by atoms with E-state index in [1.807, 2.05) is 6.92 Å². The van der Waals surface area contributed by atoms with Crippen LogP contribution in [0.15, 0.2) is 29.4 Å². The molecule has 2 heterocycles. The van der Waals surface area contributed by atoms with E-state index in [1.165, 1.54) is 0 Å². The fourth-order valence-electron chi connectivity index (χ4n) is 2.24. The Labute approximate surface area is 98.1 Å². The topological polar surface area (TPSA) is 59.4 Å². The molecule has 1 aromatic heterocycles. The summed E-state index contributed by atoms with van der Waals surface area (Å²) in [7, 11) is 0. The Morgan fingerprint density at radius 2 is 2.06 bits per heavy atom. The Kier molecular flexibility index (Phi) is 2.04. The van der Waals surface area contributed by atoms with Crippen LogP contribution in [0.5, 0.6) is 0 Å². The Morgan fingerprint density at radius 3 is 2.88 bits per heavy atom. The lowest BCUT2D eigenvalue weighted by atomic mass is 9.79. The molecule has 0 radical (unpaired) electrons. The highest BCUT2D eigenvalue weighted by Gasteiger charge is 2.41. The molecule has 84 valence electrons. The SMILES string of the molecule is Cc1cnc2c(c1)C(=O)C1C=CC=NC1C2=O. The Morgan fingerprint density at radius 1 is 1.24 bits per heavy atom. The van der Waals surface area contributed by atoms with E-state index in [0.717, 1.165) is 5.56 Å². The molecule has 1 aromatic rings. The van der Waals surface area contributed by atoms with Crippen molar-refractivity contribution in [2.75, 3.05) is 0 Å². The summed E-state index contributed by atoms with van der Waals surface area (Å²) in [4.78, 5) is 32.5. The van der Waals surface area contributed by atoms with Crippen LogP contribution in [0.1, 0.15) is 26.4 Å². The first-order valence-electron chi connectivity index (χ1n) is 5.43. The van der Waals surface area contributed by atoms with Crippen molar-refractivity contribution in [3.8, 4) is 0 Å². The Hall–Kier alpha value is -2.10. The average molecular weight is 226 g/mol. The van der Waals surface area contributed by atoms with Crippen LogP contribution in [-0.4, -0.2) is 28.8 Å². The summed E-state index contributed by atoms with van der Waals surface area (Å²) in [6.07, 6.45) is 6.61. The molecule has 0 spiro atoms. The van der Waals surface area contributed by atoms with Crippen LogP contribution in [-0.2, 0) is 0 Å². The van der Waals surface area contributed by atoms with E-state index in [4.69, 9.17) is 0 Å². The molecule has 2 aliphatic rings. The molecule has 0 saturated heterocycles. The minimum absolute atomic E-state index is 0.0612. The normalized spacial score (nSPS) is 25.7. The molecule has 0 saturated carbocycles. The number of carbonyl (C=O) groups excluding carboxylic acids is 2. The molecule has 0 fully saturated rings. The van der Waals surface area contributed by atoms with Crippen LogP contribution < -0.4 is 0 Å². The van der Waals surface area contributed by atoms with E-state index in [-0.39, 0.29) is 17.3 Å². The maximum absolute atomic E-state index is 12.2. The van der Waals surface area contributed by atoms with Crippen LogP contribution in [0.4, 0.5) is 0 Å². The van der Waals surface area contributed by atoms with Gasteiger partial charge in [0, 0.05) is 18.0 Å². The zero-order valence-corrected chi connectivity index (χ0v) is 9.25. The number of dihydropyridines is 1. The average Bonchev–Trinajstić information content (AvgIpc) is 2.36. The molecule has 1 aliphatic heterocycles. The maximum Gasteiger partial charge on any atom is 0.207 e. The summed E-state index contributed by atoms with van der Waals surface area (Å²) in [5.74, 6) is -0.678. The molecule has 2 atom stereocenters.